The number of hydrogen-bond acceptors (Lipinski definition) is 5. The van der Waals surface area contributed by atoms with Crippen LogP contribution in [0.2, 0.25) is 0 Å². The highest BCUT2D eigenvalue weighted by atomic mass is 32.2. The smallest absolute Gasteiger partial charge is 0.410 e. The van der Waals surface area contributed by atoms with Gasteiger partial charge in [-0.05, 0) is 6.92 Å². The van der Waals surface area contributed by atoms with Crippen molar-refractivity contribution in [1.29, 1.82) is 0 Å². The standard InChI is InChI=1S/C8H14N2O4S/c1-3-14-8(13)10(2)6-15-5-9-4-7(11)12/h5H,3-4,6H2,1-2H3,(H,11,12)/b9-5-. The molecule has 0 aliphatic rings. The Balaban J connectivity index is 3.62. The summed E-state index contributed by atoms with van der Waals surface area (Å²) in [7, 11) is 1.59. The molecular formula is C8H14N2O4S. The number of ether oxygens (including phenoxy) is 1. The quantitative estimate of drug-likeness (QED) is 0.419. The fraction of sp³-hybridized carbons (Fsp3) is 0.625. The zero-order valence-corrected chi connectivity index (χ0v) is 9.49. The lowest BCUT2D eigenvalue weighted by molar-refractivity contribution is -0.135. The van der Waals surface area contributed by atoms with E-state index in [0.717, 1.165) is 0 Å². The molecule has 1 N–H and O–H groups in total. The van der Waals surface area contributed by atoms with Gasteiger partial charge in [-0.1, -0.05) is 11.8 Å². The summed E-state index contributed by atoms with van der Waals surface area (Å²) in [5.74, 6) is -0.604. The Labute approximate surface area is 92.3 Å². The van der Waals surface area contributed by atoms with Crippen LogP contribution in [0.15, 0.2) is 4.99 Å². The first kappa shape index (κ1) is 13.8. The van der Waals surface area contributed by atoms with Crippen molar-refractivity contribution in [3.8, 4) is 0 Å². The number of nitrogens with zero attached hydrogens (tertiary/aromatic N) is 2. The van der Waals surface area contributed by atoms with Crippen LogP contribution in [-0.4, -0.2) is 53.7 Å². The number of aliphatic carboxylic acids is 1. The normalized spacial score (nSPS) is 10.3. The van der Waals surface area contributed by atoms with Gasteiger partial charge in [0, 0.05) is 7.05 Å². The molecule has 0 aliphatic heterocycles. The number of thioether (sulfide) groups is 1. The van der Waals surface area contributed by atoms with Crippen molar-refractivity contribution in [1.82, 2.24) is 4.90 Å². The molecule has 0 heterocycles. The minimum absolute atomic E-state index is 0.254. The molecule has 1 amide bonds. The zero-order chi connectivity index (χ0) is 11.7. The van der Waals surface area contributed by atoms with Gasteiger partial charge in [0.25, 0.3) is 0 Å². The number of carbonyl (C=O) groups excluding carboxylic acids is 1. The molecule has 7 heteroatoms. The van der Waals surface area contributed by atoms with E-state index in [1.54, 1.807) is 14.0 Å². The Hall–Kier alpha value is -1.24. The molecule has 0 bridgehead atoms. The van der Waals surface area contributed by atoms with Gasteiger partial charge in [-0.15, -0.1) is 0 Å². The summed E-state index contributed by atoms with van der Waals surface area (Å²) in [6.45, 7) is 1.81. The summed E-state index contributed by atoms with van der Waals surface area (Å²) in [5.41, 5.74) is 1.41. The average molecular weight is 234 g/mol. The van der Waals surface area contributed by atoms with E-state index in [1.165, 1.54) is 22.2 Å². The third kappa shape index (κ3) is 7.80. The van der Waals surface area contributed by atoms with E-state index < -0.39 is 12.1 Å². The van der Waals surface area contributed by atoms with Crippen LogP contribution < -0.4 is 0 Å². The maximum absolute atomic E-state index is 11.1. The van der Waals surface area contributed by atoms with Crippen molar-refractivity contribution in [2.24, 2.45) is 4.99 Å². The van der Waals surface area contributed by atoms with Gasteiger partial charge in [-0.2, -0.15) is 0 Å². The van der Waals surface area contributed by atoms with Crippen LogP contribution in [0, 0.1) is 0 Å². The van der Waals surface area contributed by atoms with Crippen LogP contribution in [0.25, 0.3) is 0 Å². The van der Waals surface area contributed by atoms with Crippen LogP contribution in [0.1, 0.15) is 6.92 Å². The summed E-state index contributed by atoms with van der Waals surface area (Å²) < 4.78 is 4.73. The second kappa shape index (κ2) is 8.10. The molecule has 0 saturated heterocycles. The number of carboxylic acids is 1. The van der Waals surface area contributed by atoms with Gasteiger partial charge in [0.15, 0.2) is 0 Å². The summed E-state index contributed by atoms with van der Waals surface area (Å²) >= 11 is 1.23. The fourth-order valence-corrected chi connectivity index (χ4v) is 1.18. The number of aliphatic imine (C=N–C) groups is 1. The third-order valence-electron chi connectivity index (χ3n) is 1.22. The lowest BCUT2D eigenvalue weighted by Gasteiger charge is -2.14. The molecule has 0 aliphatic carbocycles. The van der Waals surface area contributed by atoms with Gasteiger partial charge in [-0.25, -0.2) is 4.79 Å². The molecule has 0 rings (SSSR count). The van der Waals surface area contributed by atoms with Gasteiger partial charge in [0.1, 0.15) is 6.54 Å². The lowest BCUT2D eigenvalue weighted by Crippen LogP contribution is -2.26. The van der Waals surface area contributed by atoms with E-state index in [-0.39, 0.29) is 6.54 Å². The van der Waals surface area contributed by atoms with Crippen molar-refractivity contribution in [3.05, 3.63) is 0 Å². The number of carbonyl (C=O) groups is 2. The molecule has 0 atom stereocenters. The third-order valence-corrected chi connectivity index (χ3v) is 2.06. The molecule has 15 heavy (non-hydrogen) atoms. The molecule has 6 nitrogen and oxygen atoms in total. The molecule has 86 valence electrons. The minimum atomic E-state index is -0.981. The molecule has 0 spiro atoms. The van der Waals surface area contributed by atoms with Crippen molar-refractivity contribution in [3.63, 3.8) is 0 Å². The molecule has 0 saturated carbocycles. The fourth-order valence-electron chi connectivity index (χ4n) is 0.600. The van der Waals surface area contributed by atoms with Gasteiger partial charge in [-0.3, -0.25) is 9.79 Å². The van der Waals surface area contributed by atoms with Crippen molar-refractivity contribution in [2.75, 3.05) is 26.1 Å². The van der Waals surface area contributed by atoms with E-state index in [0.29, 0.717) is 12.5 Å². The predicted molar refractivity (Wildman–Crippen MR) is 58.2 cm³/mol. The average Bonchev–Trinajstić information content (AvgIpc) is 2.16. The highest BCUT2D eigenvalue weighted by Gasteiger charge is 2.07. The Kier molecular flexibility index (Phi) is 7.43. The molecule has 0 aromatic carbocycles. The molecule has 0 radical (unpaired) electrons. The van der Waals surface area contributed by atoms with E-state index >= 15 is 0 Å². The lowest BCUT2D eigenvalue weighted by atomic mass is 10.7. The SMILES string of the molecule is CCOC(=O)N(C)CS/C=N\CC(=O)O. The van der Waals surface area contributed by atoms with Gasteiger partial charge in [0.05, 0.1) is 18.0 Å². The summed E-state index contributed by atoms with van der Waals surface area (Å²) in [6, 6.07) is 0. The Morgan fingerprint density at radius 2 is 2.27 bits per heavy atom. The van der Waals surface area contributed by atoms with Gasteiger partial charge < -0.3 is 14.7 Å². The predicted octanol–water partition coefficient (Wildman–Crippen LogP) is 0.878. The zero-order valence-electron chi connectivity index (χ0n) is 8.67. The number of hydrogen-bond donors (Lipinski definition) is 1. The van der Waals surface area contributed by atoms with Crippen molar-refractivity contribution < 1.29 is 19.4 Å². The topological polar surface area (TPSA) is 79.2 Å². The van der Waals surface area contributed by atoms with Crippen LogP contribution in [0.5, 0.6) is 0 Å². The monoisotopic (exact) mass is 234 g/mol. The van der Waals surface area contributed by atoms with Crippen LogP contribution in [0.4, 0.5) is 4.79 Å². The first-order valence-electron chi connectivity index (χ1n) is 4.27. The van der Waals surface area contributed by atoms with Crippen LogP contribution >= 0.6 is 11.8 Å². The molecule has 0 fully saturated rings. The largest absolute Gasteiger partial charge is 0.480 e. The first-order valence-corrected chi connectivity index (χ1v) is 5.32. The Morgan fingerprint density at radius 3 is 2.80 bits per heavy atom. The van der Waals surface area contributed by atoms with Crippen molar-refractivity contribution >= 4 is 29.4 Å². The second-order valence-electron chi connectivity index (χ2n) is 2.53. The van der Waals surface area contributed by atoms with E-state index in [9.17, 15) is 9.59 Å². The molecule has 0 aromatic heterocycles. The first-order chi connectivity index (χ1) is 7.07. The summed E-state index contributed by atoms with van der Waals surface area (Å²) in [6.07, 6.45) is -0.406. The highest BCUT2D eigenvalue weighted by molar-refractivity contribution is 8.12. The van der Waals surface area contributed by atoms with E-state index in [2.05, 4.69) is 4.99 Å². The number of amides is 1. The summed E-state index contributed by atoms with van der Waals surface area (Å²) in [4.78, 5) is 26.1. The minimum Gasteiger partial charge on any atom is -0.480 e. The summed E-state index contributed by atoms with van der Waals surface area (Å²) in [5, 5.41) is 8.27. The highest BCUT2D eigenvalue weighted by Crippen LogP contribution is 2.00. The maximum atomic E-state index is 11.1. The van der Waals surface area contributed by atoms with Crippen LogP contribution in [0.3, 0.4) is 0 Å². The second-order valence-corrected chi connectivity index (χ2v) is 3.33. The Bertz CT molecular complexity index is 245. The van der Waals surface area contributed by atoms with E-state index in [1.807, 2.05) is 0 Å². The van der Waals surface area contributed by atoms with Gasteiger partial charge >= 0.3 is 12.1 Å². The maximum Gasteiger partial charge on any atom is 0.410 e. The molecule has 0 aromatic rings. The number of carboxylic acid groups (broad SMARTS) is 1. The van der Waals surface area contributed by atoms with Crippen LogP contribution in [-0.2, 0) is 9.53 Å². The van der Waals surface area contributed by atoms with Crippen molar-refractivity contribution in [2.45, 2.75) is 6.92 Å². The van der Waals surface area contributed by atoms with Gasteiger partial charge in [0.2, 0.25) is 0 Å². The number of rotatable bonds is 6. The molecule has 0 unspecified atom stereocenters. The van der Waals surface area contributed by atoms with E-state index in [4.69, 9.17) is 9.84 Å². The Morgan fingerprint density at radius 1 is 1.60 bits per heavy atom. The molecular weight excluding hydrogens is 220 g/mol.